The van der Waals surface area contributed by atoms with Gasteiger partial charge in [0.1, 0.15) is 0 Å². The van der Waals surface area contributed by atoms with Gasteiger partial charge < -0.3 is 4.74 Å². The first-order valence-electron chi connectivity index (χ1n) is 5.41. The van der Waals surface area contributed by atoms with E-state index in [0.717, 1.165) is 6.42 Å². The summed E-state index contributed by atoms with van der Waals surface area (Å²) in [6.45, 7) is 2.74. The van der Waals surface area contributed by atoms with Crippen molar-refractivity contribution >= 4 is 12.1 Å². The van der Waals surface area contributed by atoms with Gasteiger partial charge in [-0.05, 0) is 24.5 Å². The van der Waals surface area contributed by atoms with Gasteiger partial charge >= 0.3 is 0 Å². The van der Waals surface area contributed by atoms with Gasteiger partial charge in [-0.2, -0.15) is 0 Å². The Morgan fingerprint density at radius 1 is 1.40 bits per heavy atom. The fourth-order valence-electron chi connectivity index (χ4n) is 1.70. The maximum atomic E-state index is 5.11. The predicted molar refractivity (Wildman–Crippen MR) is 62.0 cm³/mol. The van der Waals surface area contributed by atoms with Crippen molar-refractivity contribution in [2.45, 2.75) is 26.2 Å². The normalized spacial score (nSPS) is 14.3. The molecule has 0 spiro atoms. The van der Waals surface area contributed by atoms with Gasteiger partial charge in [0.25, 0.3) is 0 Å². The largest absolute Gasteiger partial charge is 0.459 e. The Hall–Kier alpha value is -1.51. The summed E-state index contributed by atoms with van der Waals surface area (Å²) >= 11 is 0. The summed E-state index contributed by atoms with van der Waals surface area (Å²) in [6.07, 6.45) is 5.04. The number of nitrogens with zero attached hydrogens (tertiary/aromatic N) is 2. The Bertz CT molecular complexity index is 349. The molecule has 80 valence electrons. The zero-order valence-electron chi connectivity index (χ0n) is 9.02. The Labute approximate surface area is 90.4 Å². The highest BCUT2D eigenvalue weighted by molar-refractivity contribution is 5.59. The molecule has 0 N–H and O–H groups in total. The highest BCUT2D eigenvalue weighted by atomic mass is 16.5. The molecule has 0 amide bonds. The molecule has 0 aromatic heterocycles. The number of unbranched alkanes of at least 4 members (excludes halogenated alkanes) is 1. The second kappa shape index (κ2) is 4.82. The number of para-hydroxylation sites is 1. The number of benzene rings is 1. The summed E-state index contributed by atoms with van der Waals surface area (Å²) < 4.78 is 5.11. The maximum absolute atomic E-state index is 5.11. The Morgan fingerprint density at radius 3 is 3.00 bits per heavy atom. The van der Waals surface area contributed by atoms with E-state index in [-0.39, 0.29) is 0 Å². The van der Waals surface area contributed by atoms with Crippen molar-refractivity contribution < 1.29 is 4.74 Å². The molecule has 1 aliphatic heterocycles. The first kappa shape index (κ1) is 10.0. The van der Waals surface area contributed by atoms with E-state index in [1.54, 1.807) is 0 Å². The van der Waals surface area contributed by atoms with Gasteiger partial charge in [0.2, 0.25) is 0 Å². The van der Waals surface area contributed by atoms with Gasteiger partial charge in [0.15, 0.2) is 13.1 Å². The summed E-state index contributed by atoms with van der Waals surface area (Å²) in [5, 5.41) is 6.05. The molecule has 0 saturated heterocycles. The fourth-order valence-corrected chi connectivity index (χ4v) is 1.70. The van der Waals surface area contributed by atoms with Gasteiger partial charge in [-0.3, -0.25) is 0 Å². The van der Waals surface area contributed by atoms with Crippen molar-refractivity contribution in [1.82, 2.24) is 0 Å². The summed E-state index contributed by atoms with van der Waals surface area (Å²) in [6, 6.07) is 8.38. The van der Waals surface area contributed by atoms with Crippen LogP contribution in [0.1, 0.15) is 25.3 Å². The average molecular weight is 204 g/mol. The summed E-state index contributed by atoms with van der Waals surface area (Å²) in [7, 11) is 0. The van der Waals surface area contributed by atoms with Crippen LogP contribution in [0, 0.1) is 0 Å². The summed E-state index contributed by atoms with van der Waals surface area (Å²) in [5.41, 5.74) is 2.52. The van der Waals surface area contributed by atoms with Crippen LogP contribution < -0.4 is 5.01 Å². The average Bonchev–Trinajstić information content (AvgIpc) is 2.80. The first-order chi connectivity index (χ1) is 7.42. The minimum absolute atomic E-state index is 0.531. The lowest BCUT2D eigenvalue weighted by molar-refractivity contribution is 0.350. The molecule has 1 aliphatic rings. The van der Waals surface area contributed by atoms with Gasteiger partial charge in [-0.25, -0.2) is 5.01 Å². The molecule has 1 aromatic carbocycles. The van der Waals surface area contributed by atoms with Crippen LogP contribution in [0.4, 0.5) is 5.69 Å². The van der Waals surface area contributed by atoms with Gasteiger partial charge in [0, 0.05) is 0 Å². The SMILES string of the molecule is CCCCc1ccccc1N1COC=N1. The molecule has 0 unspecified atom stereocenters. The lowest BCUT2D eigenvalue weighted by Crippen LogP contribution is -2.14. The second-order valence-corrected chi connectivity index (χ2v) is 3.65. The third-order valence-electron chi connectivity index (χ3n) is 2.53. The number of ether oxygens (including phenoxy) is 1. The third kappa shape index (κ3) is 2.29. The zero-order chi connectivity index (χ0) is 10.5. The topological polar surface area (TPSA) is 24.8 Å². The number of hydrogen-bond donors (Lipinski definition) is 0. The third-order valence-corrected chi connectivity index (χ3v) is 2.53. The van der Waals surface area contributed by atoms with Gasteiger partial charge in [-0.1, -0.05) is 31.5 Å². The molecule has 1 aromatic rings. The van der Waals surface area contributed by atoms with Crippen molar-refractivity contribution in [1.29, 1.82) is 0 Å². The molecule has 15 heavy (non-hydrogen) atoms. The standard InChI is InChI=1S/C12H16N2O/c1-2-3-6-11-7-4-5-8-12(11)14-10-15-9-13-14/h4-5,7-9H,2-3,6,10H2,1H3. The van der Waals surface area contributed by atoms with Crippen LogP contribution >= 0.6 is 0 Å². The van der Waals surface area contributed by atoms with E-state index in [4.69, 9.17) is 4.74 Å². The van der Waals surface area contributed by atoms with Crippen LogP contribution in [0.25, 0.3) is 0 Å². The van der Waals surface area contributed by atoms with E-state index in [1.807, 2.05) is 11.1 Å². The van der Waals surface area contributed by atoms with Crippen LogP contribution in [0.3, 0.4) is 0 Å². The molecule has 2 rings (SSSR count). The minimum atomic E-state index is 0.531. The highest BCUT2D eigenvalue weighted by Crippen LogP contribution is 2.23. The lowest BCUT2D eigenvalue weighted by Gasteiger charge is -2.16. The quantitative estimate of drug-likeness (QED) is 0.753. The Balaban J connectivity index is 2.17. The van der Waals surface area contributed by atoms with Crippen LogP contribution in [-0.4, -0.2) is 13.1 Å². The molecular weight excluding hydrogens is 188 g/mol. The Morgan fingerprint density at radius 2 is 2.27 bits per heavy atom. The molecule has 0 saturated carbocycles. The van der Waals surface area contributed by atoms with Crippen molar-refractivity contribution in [2.75, 3.05) is 11.7 Å². The van der Waals surface area contributed by atoms with Crippen LogP contribution in [0.5, 0.6) is 0 Å². The monoisotopic (exact) mass is 204 g/mol. The molecule has 3 nitrogen and oxygen atoms in total. The predicted octanol–water partition coefficient (Wildman–Crippen LogP) is 2.77. The summed E-state index contributed by atoms with van der Waals surface area (Å²) in [5.74, 6) is 0. The van der Waals surface area contributed by atoms with Crippen molar-refractivity contribution in [3.05, 3.63) is 29.8 Å². The van der Waals surface area contributed by atoms with Crippen molar-refractivity contribution in [2.24, 2.45) is 5.10 Å². The van der Waals surface area contributed by atoms with E-state index in [2.05, 4.69) is 30.2 Å². The van der Waals surface area contributed by atoms with Gasteiger partial charge in [0.05, 0.1) is 5.69 Å². The van der Waals surface area contributed by atoms with E-state index in [1.165, 1.54) is 30.5 Å². The second-order valence-electron chi connectivity index (χ2n) is 3.65. The number of hydrazone groups is 1. The van der Waals surface area contributed by atoms with Crippen LogP contribution in [0.15, 0.2) is 29.4 Å². The van der Waals surface area contributed by atoms with E-state index >= 15 is 0 Å². The fraction of sp³-hybridized carbons (Fsp3) is 0.417. The lowest BCUT2D eigenvalue weighted by atomic mass is 10.1. The Kier molecular flexibility index (Phi) is 3.22. The molecule has 1 heterocycles. The highest BCUT2D eigenvalue weighted by Gasteiger charge is 2.12. The molecule has 3 heteroatoms. The van der Waals surface area contributed by atoms with Gasteiger partial charge in [-0.15, -0.1) is 5.10 Å². The number of aryl methyl sites for hydroxylation is 1. The summed E-state index contributed by atoms with van der Waals surface area (Å²) in [4.78, 5) is 0. The minimum Gasteiger partial charge on any atom is -0.459 e. The molecule has 0 aliphatic carbocycles. The van der Waals surface area contributed by atoms with Crippen molar-refractivity contribution in [3.63, 3.8) is 0 Å². The molecule has 0 fully saturated rings. The smallest absolute Gasteiger partial charge is 0.195 e. The molecule has 0 radical (unpaired) electrons. The van der Waals surface area contributed by atoms with Crippen LogP contribution in [0.2, 0.25) is 0 Å². The van der Waals surface area contributed by atoms with E-state index in [0.29, 0.717) is 6.73 Å². The molecule has 0 atom stereocenters. The number of anilines is 1. The number of rotatable bonds is 4. The number of hydrogen-bond acceptors (Lipinski definition) is 3. The molecule has 0 bridgehead atoms. The van der Waals surface area contributed by atoms with Crippen LogP contribution in [-0.2, 0) is 11.2 Å². The van der Waals surface area contributed by atoms with E-state index in [9.17, 15) is 0 Å². The zero-order valence-corrected chi connectivity index (χ0v) is 9.02. The van der Waals surface area contributed by atoms with Crippen molar-refractivity contribution in [3.8, 4) is 0 Å². The maximum Gasteiger partial charge on any atom is 0.195 e. The first-order valence-corrected chi connectivity index (χ1v) is 5.41. The van der Waals surface area contributed by atoms with E-state index < -0.39 is 0 Å². The molecular formula is C12H16N2O.